The molecule has 1 amide bonds. The quantitative estimate of drug-likeness (QED) is 0.811. The normalized spacial score (nSPS) is 12.0. The summed E-state index contributed by atoms with van der Waals surface area (Å²) in [6.45, 7) is 6.24. The lowest BCUT2D eigenvalue weighted by Crippen LogP contribution is -2.37. The first kappa shape index (κ1) is 17.3. The summed E-state index contributed by atoms with van der Waals surface area (Å²) < 4.78 is 5.43. The molecule has 0 saturated carbocycles. The molecule has 21 heavy (non-hydrogen) atoms. The Morgan fingerprint density at radius 3 is 2.57 bits per heavy atom. The number of aromatic carboxylic acids is 1. The zero-order valence-corrected chi connectivity index (χ0v) is 13.1. The number of halogens is 1. The number of carbonyl (C=O) groups is 2. The highest BCUT2D eigenvalue weighted by Crippen LogP contribution is 2.29. The molecule has 0 aromatic heterocycles. The molecule has 0 bridgehead atoms. The first-order valence-corrected chi connectivity index (χ1v) is 7.17. The number of hydrogen-bond acceptors (Lipinski definition) is 3. The van der Waals surface area contributed by atoms with Gasteiger partial charge in [0.2, 0.25) is 0 Å². The third kappa shape index (κ3) is 5.27. The highest BCUT2D eigenvalue weighted by atomic mass is 35.5. The second-order valence-electron chi connectivity index (χ2n) is 5.16. The van der Waals surface area contributed by atoms with E-state index in [9.17, 15) is 9.59 Å². The molecule has 2 N–H and O–H groups in total. The molecule has 116 valence electrons. The molecule has 1 aromatic rings. The number of carboxylic acids is 1. The summed E-state index contributed by atoms with van der Waals surface area (Å²) in [6, 6.07) is 4.42. The van der Waals surface area contributed by atoms with Crippen LogP contribution in [0, 0.1) is 5.92 Å². The smallest absolute Gasteiger partial charge is 0.339 e. The number of ether oxygens (including phenoxy) is 1. The van der Waals surface area contributed by atoms with E-state index >= 15 is 0 Å². The summed E-state index contributed by atoms with van der Waals surface area (Å²) in [4.78, 5) is 23.0. The SMILES string of the molecule is CC(C)CCNC(=O)C(C)Oc1c(Cl)cccc1C(=O)O. The average Bonchev–Trinajstić information content (AvgIpc) is 2.40. The molecule has 1 rings (SSSR count). The fourth-order valence-corrected chi connectivity index (χ4v) is 1.87. The summed E-state index contributed by atoms with van der Waals surface area (Å²) >= 11 is 5.95. The van der Waals surface area contributed by atoms with Crippen LogP contribution in [0.15, 0.2) is 18.2 Å². The maximum atomic E-state index is 11.9. The highest BCUT2D eigenvalue weighted by molar-refractivity contribution is 6.32. The first-order valence-electron chi connectivity index (χ1n) is 6.79. The van der Waals surface area contributed by atoms with Crippen molar-refractivity contribution in [1.29, 1.82) is 0 Å². The van der Waals surface area contributed by atoms with Crippen molar-refractivity contribution in [3.63, 3.8) is 0 Å². The Balaban J connectivity index is 2.72. The topological polar surface area (TPSA) is 75.6 Å². The van der Waals surface area contributed by atoms with Gasteiger partial charge in [-0.05, 0) is 31.4 Å². The van der Waals surface area contributed by atoms with Gasteiger partial charge in [-0.2, -0.15) is 0 Å². The van der Waals surface area contributed by atoms with Crippen LogP contribution in [0.3, 0.4) is 0 Å². The third-order valence-electron chi connectivity index (χ3n) is 2.88. The zero-order valence-electron chi connectivity index (χ0n) is 12.4. The van der Waals surface area contributed by atoms with E-state index in [2.05, 4.69) is 19.2 Å². The average molecular weight is 314 g/mol. The highest BCUT2D eigenvalue weighted by Gasteiger charge is 2.20. The lowest BCUT2D eigenvalue weighted by atomic mass is 10.1. The Labute approximate surface area is 129 Å². The van der Waals surface area contributed by atoms with E-state index in [4.69, 9.17) is 21.4 Å². The molecule has 0 fully saturated rings. The van der Waals surface area contributed by atoms with Crippen molar-refractivity contribution in [2.24, 2.45) is 5.92 Å². The minimum Gasteiger partial charge on any atom is -0.478 e. The first-order chi connectivity index (χ1) is 9.82. The molecule has 5 nitrogen and oxygen atoms in total. The molecule has 0 spiro atoms. The number of carboxylic acid groups (broad SMARTS) is 1. The lowest BCUT2D eigenvalue weighted by Gasteiger charge is -2.17. The van der Waals surface area contributed by atoms with Crippen molar-refractivity contribution in [3.8, 4) is 5.75 Å². The van der Waals surface area contributed by atoms with E-state index in [0.29, 0.717) is 12.5 Å². The zero-order chi connectivity index (χ0) is 16.0. The number of nitrogens with one attached hydrogen (secondary N) is 1. The van der Waals surface area contributed by atoms with Gasteiger partial charge in [0.1, 0.15) is 5.56 Å². The van der Waals surface area contributed by atoms with Crippen LogP contribution >= 0.6 is 11.6 Å². The summed E-state index contributed by atoms with van der Waals surface area (Å²) in [6.07, 6.45) is 0.0421. The van der Waals surface area contributed by atoms with E-state index in [1.54, 1.807) is 6.92 Å². The summed E-state index contributed by atoms with van der Waals surface area (Å²) in [5.74, 6) is -0.950. The largest absolute Gasteiger partial charge is 0.478 e. The van der Waals surface area contributed by atoms with Crippen LogP contribution in [-0.2, 0) is 4.79 Å². The van der Waals surface area contributed by atoms with Gasteiger partial charge in [-0.1, -0.05) is 31.5 Å². The molecule has 1 unspecified atom stereocenters. The van der Waals surface area contributed by atoms with Gasteiger partial charge in [-0.3, -0.25) is 4.79 Å². The molecule has 0 aliphatic heterocycles. The number of rotatable bonds is 7. The van der Waals surface area contributed by atoms with E-state index in [0.717, 1.165) is 6.42 Å². The molecule has 6 heteroatoms. The molecule has 0 saturated heterocycles. The Kier molecular flexibility index (Phi) is 6.49. The van der Waals surface area contributed by atoms with Crippen LogP contribution < -0.4 is 10.1 Å². The van der Waals surface area contributed by atoms with E-state index in [-0.39, 0.29) is 22.2 Å². The van der Waals surface area contributed by atoms with Crippen molar-refractivity contribution in [3.05, 3.63) is 28.8 Å². The molecular formula is C15H20ClNO4. The van der Waals surface area contributed by atoms with Crippen LogP contribution in [0.2, 0.25) is 5.02 Å². The van der Waals surface area contributed by atoms with E-state index in [1.165, 1.54) is 18.2 Å². The number of benzene rings is 1. The number of amides is 1. The summed E-state index contributed by atoms with van der Waals surface area (Å²) in [7, 11) is 0. The Morgan fingerprint density at radius 1 is 1.33 bits per heavy atom. The molecule has 0 radical (unpaired) electrons. The molecule has 1 atom stereocenters. The minimum atomic E-state index is -1.15. The van der Waals surface area contributed by atoms with Gasteiger partial charge in [0, 0.05) is 6.54 Å². The van der Waals surface area contributed by atoms with Crippen molar-refractivity contribution >= 4 is 23.5 Å². The van der Waals surface area contributed by atoms with E-state index in [1.807, 2.05) is 0 Å². The van der Waals surface area contributed by atoms with Crippen LogP contribution in [0.5, 0.6) is 5.75 Å². The van der Waals surface area contributed by atoms with Crippen molar-refractivity contribution < 1.29 is 19.4 Å². The third-order valence-corrected chi connectivity index (χ3v) is 3.18. The van der Waals surface area contributed by atoms with Crippen LogP contribution in [-0.4, -0.2) is 29.6 Å². The maximum Gasteiger partial charge on any atom is 0.339 e. The monoisotopic (exact) mass is 313 g/mol. The number of carbonyl (C=O) groups excluding carboxylic acids is 1. The fourth-order valence-electron chi connectivity index (χ4n) is 1.66. The molecular weight excluding hydrogens is 294 g/mol. The molecule has 0 heterocycles. The lowest BCUT2D eigenvalue weighted by molar-refractivity contribution is -0.127. The van der Waals surface area contributed by atoms with Gasteiger partial charge in [-0.15, -0.1) is 0 Å². The predicted octanol–water partition coefficient (Wildman–Crippen LogP) is 2.97. The molecule has 0 aliphatic carbocycles. The second-order valence-corrected chi connectivity index (χ2v) is 5.56. The van der Waals surface area contributed by atoms with Crippen LogP contribution in [0.4, 0.5) is 0 Å². The van der Waals surface area contributed by atoms with Crippen LogP contribution in [0.25, 0.3) is 0 Å². The van der Waals surface area contributed by atoms with Gasteiger partial charge in [0.05, 0.1) is 5.02 Å². The Morgan fingerprint density at radius 2 is 2.00 bits per heavy atom. The van der Waals surface area contributed by atoms with Crippen molar-refractivity contribution in [2.75, 3.05) is 6.54 Å². The van der Waals surface area contributed by atoms with Gasteiger partial charge in [0.15, 0.2) is 11.9 Å². The summed E-state index contributed by atoms with van der Waals surface area (Å²) in [5, 5.41) is 12.0. The fraction of sp³-hybridized carbons (Fsp3) is 0.467. The van der Waals surface area contributed by atoms with Crippen molar-refractivity contribution in [2.45, 2.75) is 33.3 Å². The Bertz CT molecular complexity index is 516. The molecule has 1 aromatic carbocycles. The van der Waals surface area contributed by atoms with Gasteiger partial charge >= 0.3 is 5.97 Å². The standard InChI is InChI=1S/C15H20ClNO4/c1-9(2)7-8-17-14(18)10(3)21-13-11(15(19)20)5-4-6-12(13)16/h4-6,9-10H,7-8H2,1-3H3,(H,17,18)(H,19,20). The Hall–Kier alpha value is -1.75. The van der Waals surface area contributed by atoms with Crippen molar-refractivity contribution in [1.82, 2.24) is 5.32 Å². The number of hydrogen-bond donors (Lipinski definition) is 2. The summed E-state index contributed by atoms with van der Waals surface area (Å²) in [5.41, 5.74) is -0.0654. The maximum absolute atomic E-state index is 11.9. The van der Waals surface area contributed by atoms with Gasteiger partial charge in [0.25, 0.3) is 5.91 Å². The second kappa shape index (κ2) is 7.88. The van der Waals surface area contributed by atoms with Gasteiger partial charge in [-0.25, -0.2) is 4.79 Å². The van der Waals surface area contributed by atoms with Gasteiger partial charge < -0.3 is 15.2 Å². The minimum absolute atomic E-state index is 0.0122. The number of para-hydroxylation sites is 1. The predicted molar refractivity (Wildman–Crippen MR) is 81.0 cm³/mol. The molecule has 0 aliphatic rings. The van der Waals surface area contributed by atoms with E-state index < -0.39 is 12.1 Å². The van der Waals surface area contributed by atoms with Crippen LogP contribution in [0.1, 0.15) is 37.6 Å².